The van der Waals surface area contributed by atoms with E-state index in [1.54, 1.807) is 0 Å². The van der Waals surface area contributed by atoms with Crippen LogP contribution in [0.25, 0.3) is 21.9 Å². The highest BCUT2D eigenvalue weighted by molar-refractivity contribution is 6.02. The molecule has 1 aliphatic carbocycles. The van der Waals surface area contributed by atoms with Gasteiger partial charge < -0.3 is 4.90 Å². The van der Waals surface area contributed by atoms with Crippen molar-refractivity contribution in [1.82, 2.24) is 0 Å². The van der Waals surface area contributed by atoms with Gasteiger partial charge in [0.05, 0.1) is 5.69 Å². The number of anilines is 3. The predicted molar refractivity (Wildman–Crippen MR) is 159 cm³/mol. The van der Waals surface area contributed by atoms with Gasteiger partial charge in [0.1, 0.15) is 0 Å². The summed E-state index contributed by atoms with van der Waals surface area (Å²) in [6, 6.07) is 42.0. The van der Waals surface area contributed by atoms with Crippen molar-refractivity contribution in [1.29, 1.82) is 0 Å². The first-order chi connectivity index (χ1) is 17.9. The van der Waals surface area contributed by atoms with E-state index in [9.17, 15) is 0 Å². The lowest BCUT2D eigenvalue weighted by Gasteiger charge is -2.42. The molecule has 0 aromatic heterocycles. The Morgan fingerprint density at radius 1 is 0.514 bits per heavy atom. The first kappa shape index (κ1) is 23.6. The van der Waals surface area contributed by atoms with E-state index in [1.165, 1.54) is 51.6 Å². The van der Waals surface area contributed by atoms with E-state index in [4.69, 9.17) is 0 Å². The zero-order chi connectivity index (χ0) is 25.6. The standard InChI is InChI=1S/C36H35N/c1-35(2)22-23-36(3,4)33-25-31-26(24-32(33)35)14-13-20-29(31)30-19-11-12-21-34(30)37(27-15-7-5-8-16-27)28-17-9-6-10-18-28/h5-21,24-25H,22-23H2,1-4H3. The van der Waals surface area contributed by atoms with Gasteiger partial charge in [0.15, 0.2) is 0 Å². The lowest BCUT2D eigenvalue weighted by molar-refractivity contribution is 0.332. The number of hydrogen-bond acceptors (Lipinski definition) is 1. The summed E-state index contributed by atoms with van der Waals surface area (Å²) in [5.74, 6) is 0. The maximum atomic E-state index is 2.51. The molecule has 5 aromatic rings. The molecule has 0 saturated carbocycles. The van der Waals surface area contributed by atoms with Crippen LogP contribution in [-0.4, -0.2) is 0 Å². The Balaban J connectivity index is 1.61. The Morgan fingerprint density at radius 2 is 1.03 bits per heavy atom. The SMILES string of the molecule is CC1(C)CCC(C)(C)c2cc3c(-c4ccccc4N(c4ccccc4)c4ccccc4)cccc3cc21. The van der Waals surface area contributed by atoms with Crippen LogP contribution < -0.4 is 4.90 Å². The Hall–Kier alpha value is -3.84. The van der Waals surface area contributed by atoms with Gasteiger partial charge in [-0.05, 0) is 87.5 Å². The van der Waals surface area contributed by atoms with E-state index in [1.807, 2.05) is 0 Å². The van der Waals surface area contributed by atoms with Crippen LogP contribution in [-0.2, 0) is 10.8 Å². The first-order valence-electron chi connectivity index (χ1n) is 13.4. The van der Waals surface area contributed by atoms with E-state index >= 15 is 0 Å². The second-order valence-electron chi connectivity index (χ2n) is 11.7. The average Bonchev–Trinajstić information content (AvgIpc) is 2.92. The summed E-state index contributed by atoms with van der Waals surface area (Å²) in [6.45, 7) is 9.64. The molecule has 0 saturated heterocycles. The normalized spacial score (nSPS) is 15.8. The molecule has 1 heteroatoms. The molecule has 184 valence electrons. The van der Waals surface area contributed by atoms with Crippen molar-refractivity contribution >= 4 is 27.8 Å². The quantitative estimate of drug-likeness (QED) is 0.247. The molecule has 0 heterocycles. The van der Waals surface area contributed by atoms with Crippen molar-refractivity contribution in [3.63, 3.8) is 0 Å². The maximum Gasteiger partial charge on any atom is 0.0540 e. The smallest absolute Gasteiger partial charge is 0.0540 e. The van der Waals surface area contributed by atoms with E-state index in [0.717, 1.165) is 11.4 Å². The third-order valence-corrected chi connectivity index (χ3v) is 8.32. The molecule has 5 aromatic carbocycles. The molecule has 0 atom stereocenters. The van der Waals surface area contributed by atoms with Crippen molar-refractivity contribution in [2.24, 2.45) is 0 Å². The summed E-state index contributed by atoms with van der Waals surface area (Å²) in [7, 11) is 0. The number of fused-ring (bicyclic) bond motifs is 2. The molecule has 0 amide bonds. The van der Waals surface area contributed by atoms with Gasteiger partial charge in [-0.25, -0.2) is 0 Å². The lowest BCUT2D eigenvalue weighted by atomic mass is 9.62. The third kappa shape index (κ3) is 4.13. The summed E-state index contributed by atoms with van der Waals surface area (Å²) < 4.78 is 0. The summed E-state index contributed by atoms with van der Waals surface area (Å²) in [5.41, 5.74) is 9.41. The second kappa shape index (κ2) is 8.92. The Kier molecular flexibility index (Phi) is 5.68. The van der Waals surface area contributed by atoms with Crippen LogP contribution >= 0.6 is 0 Å². The highest BCUT2D eigenvalue weighted by Crippen LogP contribution is 2.49. The van der Waals surface area contributed by atoms with Crippen LogP contribution in [0.15, 0.2) is 115 Å². The fourth-order valence-corrected chi connectivity index (χ4v) is 6.05. The van der Waals surface area contributed by atoms with Crippen molar-refractivity contribution in [3.8, 4) is 11.1 Å². The molecule has 0 N–H and O–H groups in total. The minimum atomic E-state index is 0.172. The fraction of sp³-hybridized carbons (Fsp3) is 0.222. The van der Waals surface area contributed by atoms with Crippen LogP contribution in [0, 0.1) is 0 Å². The van der Waals surface area contributed by atoms with Gasteiger partial charge in [0.25, 0.3) is 0 Å². The third-order valence-electron chi connectivity index (χ3n) is 8.32. The van der Waals surface area contributed by atoms with Crippen LogP contribution in [0.5, 0.6) is 0 Å². The van der Waals surface area contributed by atoms with Crippen LogP contribution in [0.2, 0.25) is 0 Å². The Bertz CT molecular complexity index is 1520. The number of benzene rings is 5. The van der Waals surface area contributed by atoms with Gasteiger partial charge in [-0.3, -0.25) is 0 Å². The molecule has 0 aliphatic heterocycles. The van der Waals surface area contributed by atoms with E-state index < -0.39 is 0 Å². The van der Waals surface area contributed by atoms with Crippen LogP contribution in [0.4, 0.5) is 17.1 Å². The van der Waals surface area contributed by atoms with Gasteiger partial charge in [0, 0.05) is 16.9 Å². The monoisotopic (exact) mass is 481 g/mol. The molecule has 6 rings (SSSR count). The summed E-state index contributed by atoms with van der Waals surface area (Å²) >= 11 is 0. The first-order valence-corrected chi connectivity index (χ1v) is 13.4. The molecular weight excluding hydrogens is 446 g/mol. The van der Waals surface area contributed by atoms with E-state index in [2.05, 4.69) is 148 Å². The summed E-state index contributed by atoms with van der Waals surface area (Å²) in [5, 5.41) is 2.66. The Labute approximate surface area is 221 Å². The van der Waals surface area contributed by atoms with Crippen LogP contribution in [0.1, 0.15) is 51.7 Å². The van der Waals surface area contributed by atoms with Crippen LogP contribution in [0.3, 0.4) is 0 Å². The minimum Gasteiger partial charge on any atom is -0.310 e. The fourth-order valence-electron chi connectivity index (χ4n) is 6.05. The highest BCUT2D eigenvalue weighted by Gasteiger charge is 2.37. The Morgan fingerprint density at radius 3 is 1.65 bits per heavy atom. The average molecular weight is 482 g/mol. The van der Waals surface area contributed by atoms with Gasteiger partial charge >= 0.3 is 0 Å². The summed E-state index contributed by atoms with van der Waals surface area (Å²) in [6.07, 6.45) is 2.44. The van der Waals surface area contributed by atoms with Crippen molar-refractivity contribution in [2.45, 2.75) is 51.4 Å². The van der Waals surface area contributed by atoms with Crippen molar-refractivity contribution in [2.75, 3.05) is 4.90 Å². The minimum absolute atomic E-state index is 0.172. The zero-order valence-electron chi connectivity index (χ0n) is 22.3. The molecule has 1 nitrogen and oxygen atoms in total. The molecule has 1 aliphatic rings. The topological polar surface area (TPSA) is 3.24 Å². The summed E-state index contributed by atoms with van der Waals surface area (Å²) in [4.78, 5) is 2.37. The highest BCUT2D eigenvalue weighted by atomic mass is 15.1. The van der Waals surface area contributed by atoms with Crippen molar-refractivity contribution in [3.05, 3.63) is 126 Å². The second-order valence-corrected chi connectivity index (χ2v) is 11.7. The molecular formula is C36H35N. The number of hydrogen-bond donors (Lipinski definition) is 0. The molecule has 0 fully saturated rings. The zero-order valence-corrected chi connectivity index (χ0v) is 22.3. The largest absolute Gasteiger partial charge is 0.310 e. The van der Waals surface area contributed by atoms with E-state index in [0.29, 0.717) is 0 Å². The van der Waals surface area contributed by atoms with Gasteiger partial charge in [-0.2, -0.15) is 0 Å². The number of nitrogens with zero attached hydrogens (tertiary/aromatic N) is 1. The van der Waals surface area contributed by atoms with Gasteiger partial charge in [0.2, 0.25) is 0 Å². The maximum absolute atomic E-state index is 2.51. The van der Waals surface area contributed by atoms with Gasteiger partial charge in [-0.1, -0.05) is 107 Å². The number of para-hydroxylation sites is 3. The molecule has 0 radical (unpaired) electrons. The van der Waals surface area contributed by atoms with Gasteiger partial charge in [-0.15, -0.1) is 0 Å². The molecule has 37 heavy (non-hydrogen) atoms. The van der Waals surface area contributed by atoms with Crippen molar-refractivity contribution < 1.29 is 0 Å². The molecule has 0 bridgehead atoms. The lowest BCUT2D eigenvalue weighted by Crippen LogP contribution is -2.33. The molecule has 0 unspecified atom stereocenters. The van der Waals surface area contributed by atoms with E-state index in [-0.39, 0.29) is 10.8 Å². The predicted octanol–water partition coefficient (Wildman–Crippen LogP) is 10.3. The number of rotatable bonds is 4. The molecule has 0 spiro atoms.